The van der Waals surface area contributed by atoms with E-state index in [1.165, 1.54) is 0 Å². The smallest absolute Gasteiger partial charge is 0.221 e. The van der Waals surface area contributed by atoms with Gasteiger partial charge in [0.05, 0.1) is 6.42 Å². The molecule has 0 unspecified atom stereocenters. The average Bonchev–Trinajstić information content (AvgIpc) is 2.12. The van der Waals surface area contributed by atoms with Crippen molar-refractivity contribution in [2.75, 3.05) is 0 Å². The molecule has 1 amide bonds. The fourth-order valence-electron chi connectivity index (χ4n) is 0.869. The number of hydrogen-bond acceptors (Lipinski definition) is 2. The van der Waals surface area contributed by atoms with E-state index in [-0.39, 0.29) is 12.3 Å². The largest absolute Gasteiger partial charge is 0.369 e. The molecule has 3 heteroatoms. The Kier molecular flexibility index (Phi) is 5.52. The number of nitrogens with zero attached hydrogens (tertiary/aromatic N) is 1. The van der Waals surface area contributed by atoms with Gasteiger partial charge >= 0.3 is 0 Å². The van der Waals surface area contributed by atoms with Gasteiger partial charge in [-0.2, -0.15) is 0 Å². The van der Waals surface area contributed by atoms with Crippen molar-refractivity contribution < 1.29 is 4.79 Å². The number of hydrogen-bond donors (Lipinski definition) is 1. The number of rotatable bonds is 2. The lowest BCUT2D eigenvalue weighted by molar-refractivity contribution is -0.117. The van der Waals surface area contributed by atoms with Gasteiger partial charge in [0.25, 0.3) is 0 Å². The molecular weight excluding hydrogens is 164 g/mol. The van der Waals surface area contributed by atoms with Crippen LogP contribution in [0.1, 0.15) is 25.0 Å². The van der Waals surface area contributed by atoms with Crippen molar-refractivity contribution in [1.29, 1.82) is 0 Å². The summed E-state index contributed by atoms with van der Waals surface area (Å²) in [6.45, 7) is 5.93. The molecule has 0 bridgehead atoms. The number of carbonyl (C=O) groups excluding carboxylic acids is 1. The second-order valence-electron chi connectivity index (χ2n) is 2.45. The molecule has 0 aromatic carbocycles. The van der Waals surface area contributed by atoms with E-state index in [4.69, 9.17) is 5.73 Å². The highest BCUT2D eigenvalue weighted by Crippen LogP contribution is 2.04. The molecule has 0 aliphatic rings. The van der Waals surface area contributed by atoms with Gasteiger partial charge in [-0.25, -0.2) is 0 Å². The number of pyridine rings is 1. The Balaban J connectivity index is 0.000000671. The van der Waals surface area contributed by atoms with Gasteiger partial charge < -0.3 is 5.73 Å². The van der Waals surface area contributed by atoms with Crippen molar-refractivity contribution in [3.8, 4) is 0 Å². The number of aryl methyl sites for hydroxylation is 1. The molecule has 0 spiro atoms. The maximum Gasteiger partial charge on any atom is 0.221 e. The highest BCUT2D eigenvalue weighted by molar-refractivity contribution is 5.76. The third-order valence-electron chi connectivity index (χ3n) is 1.51. The zero-order chi connectivity index (χ0) is 10.3. The minimum Gasteiger partial charge on any atom is -0.369 e. The molecule has 3 nitrogen and oxygen atoms in total. The monoisotopic (exact) mass is 180 g/mol. The van der Waals surface area contributed by atoms with Gasteiger partial charge in [0.1, 0.15) is 0 Å². The van der Waals surface area contributed by atoms with Crippen molar-refractivity contribution in [2.45, 2.75) is 27.2 Å². The van der Waals surface area contributed by atoms with Gasteiger partial charge in [0, 0.05) is 12.4 Å². The van der Waals surface area contributed by atoms with Crippen molar-refractivity contribution in [3.05, 3.63) is 29.6 Å². The van der Waals surface area contributed by atoms with E-state index in [0.29, 0.717) is 0 Å². The molecule has 1 aromatic heterocycles. The molecule has 0 aliphatic heterocycles. The number of carbonyl (C=O) groups is 1. The van der Waals surface area contributed by atoms with E-state index in [1.54, 1.807) is 12.4 Å². The van der Waals surface area contributed by atoms with E-state index in [0.717, 1.165) is 11.1 Å². The van der Waals surface area contributed by atoms with Crippen LogP contribution in [-0.4, -0.2) is 10.9 Å². The van der Waals surface area contributed by atoms with Crippen LogP contribution in [0.2, 0.25) is 0 Å². The summed E-state index contributed by atoms with van der Waals surface area (Å²) in [5.41, 5.74) is 6.98. The maximum atomic E-state index is 10.5. The Hall–Kier alpha value is -1.38. The highest BCUT2D eigenvalue weighted by Gasteiger charge is 2.00. The predicted molar refractivity (Wildman–Crippen MR) is 53.2 cm³/mol. The maximum absolute atomic E-state index is 10.5. The molecule has 13 heavy (non-hydrogen) atoms. The summed E-state index contributed by atoms with van der Waals surface area (Å²) in [6, 6.07) is 1.86. The van der Waals surface area contributed by atoms with E-state index < -0.39 is 0 Å². The summed E-state index contributed by atoms with van der Waals surface area (Å²) in [7, 11) is 0. The molecule has 1 aromatic rings. The van der Waals surface area contributed by atoms with E-state index in [9.17, 15) is 4.79 Å². The van der Waals surface area contributed by atoms with Gasteiger partial charge in [-0.05, 0) is 24.1 Å². The van der Waals surface area contributed by atoms with Crippen LogP contribution in [0.3, 0.4) is 0 Å². The number of nitrogens with two attached hydrogens (primary N) is 1. The van der Waals surface area contributed by atoms with Crippen molar-refractivity contribution in [3.63, 3.8) is 0 Å². The normalized spacial score (nSPS) is 8.54. The minimum atomic E-state index is -0.318. The Morgan fingerprint density at radius 2 is 2.15 bits per heavy atom. The lowest BCUT2D eigenvalue weighted by atomic mass is 10.1. The molecule has 2 N–H and O–H groups in total. The molecule has 72 valence electrons. The molecule has 0 fully saturated rings. The van der Waals surface area contributed by atoms with Crippen molar-refractivity contribution in [1.82, 2.24) is 4.98 Å². The van der Waals surface area contributed by atoms with Crippen molar-refractivity contribution in [2.24, 2.45) is 5.73 Å². The Labute approximate surface area is 79.0 Å². The minimum absolute atomic E-state index is 0.277. The first-order valence-corrected chi connectivity index (χ1v) is 4.38. The summed E-state index contributed by atoms with van der Waals surface area (Å²) in [6.07, 6.45) is 3.64. The standard InChI is InChI=1S/C8H10N2O.C2H6/c1-6-2-3-10-5-7(6)4-8(9)11;1-2/h2-3,5H,4H2,1H3,(H2,9,11);1-2H3. The summed E-state index contributed by atoms with van der Waals surface area (Å²) in [4.78, 5) is 14.4. The highest BCUT2D eigenvalue weighted by atomic mass is 16.1. The number of aromatic nitrogens is 1. The van der Waals surface area contributed by atoms with Crippen LogP contribution in [0.5, 0.6) is 0 Å². The van der Waals surface area contributed by atoms with Gasteiger partial charge in [-0.1, -0.05) is 13.8 Å². The summed E-state index contributed by atoms with van der Waals surface area (Å²) >= 11 is 0. The second kappa shape index (κ2) is 6.17. The van der Waals surface area contributed by atoms with Crippen LogP contribution in [0.4, 0.5) is 0 Å². The zero-order valence-corrected chi connectivity index (χ0v) is 8.37. The summed E-state index contributed by atoms with van der Waals surface area (Å²) in [5, 5.41) is 0. The summed E-state index contributed by atoms with van der Waals surface area (Å²) < 4.78 is 0. The molecule has 0 aliphatic carbocycles. The fraction of sp³-hybridized carbons (Fsp3) is 0.400. The van der Waals surface area contributed by atoms with Crippen molar-refractivity contribution >= 4 is 5.91 Å². The first kappa shape index (κ1) is 11.6. The molecule has 0 saturated carbocycles. The molecule has 1 heterocycles. The lowest BCUT2D eigenvalue weighted by Crippen LogP contribution is -2.14. The zero-order valence-electron chi connectivity index (χ0n) is 8.37. The Morgan fingerprint density at radius 1 is 1.54 bits per heavy atom. The van der Waals surface area contributed by atoms with Gasteiger partial charge in [-0.3, -0.25) is 9.78 Å². The van der Waals surface area contributed by atoms with Crippen LogP contribution >= 0.6 is 0 Å². The van der Waals surface area contributed by atoms with Gasteiger partial charge in [0.2, 0.25) is 5.91 Å². The second-order valence-corrected chi connectivity index (χ2v) is 2.45. The first-order valence-electron chi connectivity index (χ1n) is 4.38. The van der Waals surface area contributed by atoms with Crippen LogP contribution < -0.4 is 5.73 Å². The quantitative estimate of drug-likeness (QED) is 0.748. The van der Waals surface area contributed by atoms with Crippen LogP contribution in [0.25, 0.3) is 0 Å². The summed E-state index contributed by atoms with van der Waals surface area (Å²) in [5.74, 6) is -0.318. The third-order valence-corrected chi connectivity index (χ3v) is 1.51. The molecule has 0 radical (unpaired) electrons. The number of amides is 1. The lowest BCUT2D eigenvalue weighted by Gasteiger charge is -1.99. The first-order chi connectivity index (χ1) is 6.20. The average molecular weight is 180 g/mol. The topological polar surface area (TPSA) is 56.0 Å². The predicted octanol–water partition coefficient (Wildman–Crippen LogP) is 1.44. The molecule has 1 rings (SSSR count). The van der Waals surface area contributed by atoms with Gasteiger partial charge in [-0.15, -0.1) is 0 Å². The van der Waals surface area contributed by atoms with E-state index in [1.807, 2.05) is 26.8 Å². The van der Waals surface area contributed by atoms with Crippen LogP contribution in [0, 0.1) is 6.92 Å². The van der Waals surface area contributed by atoms with E-state index in [2.05, 4.69) is 4.98 Å². The molecular formula is C10H16N2O. The fourth-order valence-corrected chi connectivity index (χ4v) is 0.869. The number of primary amides is 1. The molecule has 0 saturated heterocycles. The van der Waals surface area contributed by atoms with Gasteiger partial charge in [0.15, 0.2) is 0 Å². The third kappa shape index (κ3) is 4.25. The SMILES string of the molecule is CC.Cc1ccncc1CC(N)=O. The molecule has 0 atom stereocenters. The van der Waals surface area contributed by atoms with Crippen LogP contribution in [0.15, 0.2) is 18.5 Å². The van der Waals surface area contributed by atoms with Crippen LogP contribution in [-0.2, 0) is 11.2 Å². The Morgan fingerprint density at radius 3 is 2.62 bits per heavy atom. The Bertz CT molecular complexity index is 271. The van der Waals surface area contributed by atoms with E-state index >= 15 is 0 Å².